The molecule has 0 bridgehead atoms. The Morgan fingerprint density at radius 2 is 1.87 bits per heavy atom. The molecule has 164 valence electrons. The van der Waals surface area contributed by atoms with Gasteiger partial charge in [0.25, 0.3) is 5.91 Å². The summed E-state index contributed by atoms with van der Waals surface area (Å²) in [7, 11) is 0. The van der Waals surface area contributed by atoms with Gasteiger partial charge in [0.15, 0.2) is 0 Å². The fourth-order valence-corrected chi connectivity index (χ4v) is 4.44. The van der Waals surface area contributed by atoms with Crippen molar-refractivity contribution >= 4 is 11.8 Å². The minimum Gasteiger partial charge on any atom is -0.365 e. The van der Waals surface area contributed by atoms with Crippen molar-refractivity contribution in [1.29, 1.82) is 0 Å². The largest absolute Gasteiger partial charge is 0.365 e. The maximum Gasteiger partial charge on any atom is 0.270 e. The van der Waals surface area contributed by atoms with Gasteiger partial charge >= 0.3 is 0 Å². The lowest BCUT2D eigenvalue weighted by atomic mass is 9.95. The number of amides is 2. The van der Waals surface area contributed by atoms with E-state index in [9.17, 15) is 9.59 Å². The van der Waals surface area contributed by atoms with E-state index in [0.29, 0.717) is 30.5 Å². The molecule has 1 aromatic rings. The van der Waals surface area contributed by atoms with Gasteiger partial charge in [0.2, 0.25) is 5.91 Å². The molecule has 1 saturated carbocycles. The first-order valence-corrected chi connectivity index (χ1v) is 11.2. The number of carbonyl (C=O) groups excluding carboxylic acids is 2. The molecule has 3 fully saturated rings. The molecule has 0 spiro atoms. The fourth-order valence-electron chi connectivity index (χ4n) is 4.44. The van der Waals surface area contributed by atoms with Crippen molar-refractivity contribution in [2.24, 2.45) is 11.8 Å². The Kier molecular flexibility index (Phi) is 6.63. The summed E-state index contributed by atoms with van der Waals surface area (Å²) in [4.78, 5) is 37.7. The van der Waals surface area contributed by atoms with Gasteiger partial charge in [0.1, 0.15) is 18.1 Å². The van der Waals surface area contributed by atoms with E-state index in [4.69, 9.17) is 4.74 Å². The highest BCUT2D eigenvalue weighted by atomic mass is 16.5. The first-order valence-electron chi connectivity index (χ1n) is 11.2. The zero-order valence-corrected chi connectivity index (χ0v) is 18.1. The number of nitrogens with zero attached hydrogens (tertiary/aromatic N) is 4. The number of nitrogens with one attached hydrogen (secondary N) is 1. The van der Waals surface area contributed by atoms with Crippen molar-refractivity contribution in [3.63, 3.8) is 0 Å². The van der Waals surface area contributed by atoms with Crippen LogP contribution in [0.4, 0.5) is 0 Å². The summed E-state index contributed by atoms with van der Waals surface area (Å²) in [5, 5.41) is 2.89. The van der Waals surface area contributed by atoms with Crippen LogP contribution in [0, 0.1) is 25.7 Å². The van der Waals surface area contributed by atoms with Crippen LogP contribution >= 0.6 is 0 Å². The van der Waals surface area contributed by atoms with Gasteiger partial charge in [-0.25, -0.2) is 9.97 Å². The van der Waals surface area contributed by atoms with Crippen LogP contribution < -0.4 is 5.32 Å². The molecule has 1 aliphatic carbocycles. The van der Waals surface area contributed by atoms with Gasteiger partial charge in [0, 0.05) is 31.9 Å². The molecule has 3 aliphatic rings. The molecule has 0 radical (unpaired) electrons. The van der Waals surface area contributed by atoms with Crippen molar-refractivity contribution in [1.82, 2.24) is 25.1 Å². The standard InChI is InChI=1S/C22H33N5O3/c1-15-9-20(25-16(2)24-15)22(29)23-10-19-13-27(21(28)14-30-19)12-18-5-7-26(8-6-18)11-17-3-4-17/h9,17-19H,3-8,10-14H2,1-2H3,(H,23,29)/t19-/m0/s1. The number of rotatable bonds is 7. The van der Waals surface area contributed by atoms with Crippen LogP contribution in [0.1, 0.15) is 47.7 Å². The molecule has 2 aliphatic heterocycles. The fraction of sp³-hybridized carbons (Fsp3) is 0.727. The summed E-state index contributed by atoms with van der Waals surface area (Å²) in [5.41, 5.74) is 1.13. The molecule has 1 aromatic heterocycles. The van der Waals surface area contributed by atoms with Gasteiger partial charge in [-0.05, 0) is 70.5 Å². The van der Waals surface area contributed by atoms with Crippen LogP contribution in [-0.4, -0.2) is 83.6 Å². The normalized spacial score (nSPS) is 23.6. The summed E-state index contributed by atoms with van der Waals surface area (Å²) in [6.07, 6.45) is 4.93. The van der Waals surface area contributed by atoms with Gasteiger partial charge < -0.3 is 19.9 Å². The predicted molar refractivity (Wildman–Crippen MR) is 112 cm³/mol. The van der Waals surface area contributed by atoms with E-state index in [1.54, 1.807) is 13.0 Å². The van der Waals surface area contributed by atoms with Gasteiger partial charge in [-0.3, -0.25) is 9.59 Å². The first-order chi connectivity index (χ1) is 14.5. The summed E-state index contributed by atoms with van der Waals surface area (Å²) in [6.45, 7) is 8.96. The van der Waals surface area contributed by atoms with Crippen molar-refractivity contribution in [2.75, 3.05) is 45.9 Å². The number of morpholine rings is 1. The monoisotopic (exact) mass is 415 g/mol. The smallest absolute Gasteiger partial charge is 0.270 e. The van der Waals surface area contributed by atoms with Gasteiger partial charge in [-0.2, -0.15) is 0 Å². The highest BCUT2D eigenvalue weighted by molar-refractivity contribution is 5.92. The minimum atomic E-state index is -0.237. The molecule has 0 aromatic carbocycles. The average Bonchev–Trinajstić information content (AvgIpc) is 3.53. The van der Waals surface area contributed by atoms with E-state index in [2.05, 4.69) is 20.2 Å². The lowest BCUT2D eigenvalue weighted by Crippen LogP contribution is -2.52. The molecule has 3 heterocycles. The van der Waals surface area contributed by atoms with Crippen LogP contribution in [-0.2, 0) is 9.53 Å². The molecule has 1 N–H and O–H groups in total. The SMILES string of the molecule is Cc1cc(C(=O)NC[C@H]2CN(CC3CCN(CC4CC4)CC3)C(=O)CO2)nc(C)n1. The minimum absolute atomic E-state index is 0.0556. The lowest BCUT2D eigenvalue weighted by molar-refractivity contribution is -0.149. The van der Waals surface area contributed by atoms with Crippen LogP contribution in [0.25, 0.3) is 0 Å². The lowest BCUT2D eigenvalue weighted by Gasteiger charge is -2.38. The number of aromatic nitrogens is 2. The summed E-state index contributed by atoms with van der Waals surface area (Å²) < 4.78 is 5.66. The molecule has 2 amide bonds. The van der Waals surface area contributed by atoms with Crippen LogP contribution in [0.2, 0.25) is 0 Å². The van der Waals surface area contributed by atoms with Crippen LogP contribution in [0.15, 0.2) is 6.07 Å². The second-order valence-electron chi connectivity index (χ2n) is 9.07. The Bertz CT molecular complexity index is 754. The summed E-state index contributed by atoms with van der Waals surface area (Å²) in [5.74, 6) is 1.89. The van der Waals surface area contributed by atoms with Crippen molar-refractivity contribution in [2.45, 2.75) is 45.6 Å². The molecule has 4 rings (SSSR count). The number of piperidine rings is 1. The van der Waals surface area contributed by atoms with E-state index >= 15 is 0 Å². The third-order valence-corrected chi connectivity index (χ3v) is 6.31. The molecule has 8 heteroatoms. The third-order valence-electron chi connectivity index (χ3n) is 6.31. The molecule has 2 saturated heterocycles. The summed E-state index contributed by atoms with van der Waals surface area (Å²) in [6, 6.07) is 1.68. The van der Waals surface area contributed by atoms with Crippen molar-refractivity contribution in [3.05, 3.63) is 23.3 Å². The Morgan fingerprint density at radius 1 is 1.13 bits per heavy atom. The molecule has 30 heavy (non-hydrogen) atoms. The molecular formula is C22H33N5O3. The quantitative estimate of drug-likeness (QED) is 0.719. The van der Waals surface area contributed by atoms with Crippen LogP contribution in [0.3, 0.4) is 0 Å². The van der Waals surface area contributed by atoms with Crippen LogP contribution in [0.5, 0.6) is 0 Å². The molecule has 0 unspecified atom stereocenters. The van der Waals surface area contributed by atoms with E-state index in [1.165, 1.54) is 19.4 Å². The zero-order valence-electron chi connectivity index (χ0n) is 18.1. The molecular weight excluding hydrogens is 382 g/mol. The number of ether oxygens (including phenoxy) is 1. The number of likely N-dealkylation sites (tertiary alicyclic amines) is 1. The first kappa shape index (κ1) is 21.2. The second kappa shape index (κ2) is 9.39. The number of hydrogen-bond donors (Lipinski definition) is 1. The van der Waals surface area contributed by atoms with Gasteiger partial charge in [-0.1, -0.05) is 0 Å². The Balaban J connectivity index is 1.23. The predicted octanol–water partition coefficient (Wildman–Crippen LogP) is 1.17. The highest BCUT2D eigenvalue weighted by Gasteiger charge is 2.31. The maximum absolute atomic E-state index is 12.4. The van der Waals surface area contributed by atoms with Crippen molar-refractivity contribution < 1.29 is 14.3 Å². The maximum atomic E-state index is 12.4. The van der Waals surface area contributed by atoms with E-state index < -0.39 is 0 Å². The number of aryl methyl sites for hydroxylation is 2. The van der Waals surface area contributed by atoms with E-state index in [0.717, 1.165) is 44.1 Å². The molecule has 1 atom stereocenters. The Morgan fingerprint density at radius 3 is 2.57 bits per heavy atom. The molecule has 8 nitrogen and oxygen atoms in total. The average molecular weight is 416 g/mol. The number of hydrogen-bond acceptors (Lipinski definition) is 6. The third kappa shape index (κ3) is 5.76. The second-order valence-corrected chi connectivity index (χ2v) is 9.07. The Hall–Kier alpha value is -2.06. The number of carbonyl (C=O) groups is 2. The highest BCUT2D eigenvalue weighted by Crippen LogP contribution is 2.31. The van der Waals surface area contributed by atoms with Gasteiger partial charge in [-0.15, -0.1) is 0 Å². The zero-order chi connectivity index (χ0) is 21.1. The van der Waals surface area contributed by atoms with E-state index in [1.807, 2.05) is 11.8 Å². The summed E-state index contributed by atoms with van der Waals surface area (Å²) >= 11 is 0. The Labute approximate surface area is 178 Å². The van der Waals surface area contributed by atoms with Crippen molar-refractivity contribution in [3.8, 4) is 0 Å². The van der Waals surface area contributed by atoms with E-state index in [-0.39, 0.29) is 24.5 Å². The topological polar surface area (TPSA) is 87.7 Å². The van der Waals surface area contributed by atoms with Gasteiger partial charge in [0.05, 0.1) is 6.10 Å².